The lowest BCUT2D eigenvalue weighted by Gasteiger charge is -2.11. The van der Waals surface area contributed by atoms with Gasteiger partial charge in [-0.05, 0) is 23.6 Å². The molecule has 0 bridgehead atoms. The third kappa shape index (κ3) is 3.00. The number of nitrogens with zero attached hydrogens (tertiary/aromatic N) is 2. The maximum atomic E-state index is 8.60. The molecule has 1 aromatic heterocycles. The van der Waals surface area contributed by atoms with Crippen LogP contribution in [0.15, 0.2) is 24.4 Å². The molecule has 0 spiro atoms. The van der Waals surface area contributed by atoms with Crippen LogP contribution in [0.3, 0.4) is 0 Å². The van der Waals surface area contributed by atoms with Gasteiger partial charge in [0.15, 0.2) is 0 Å². The van der Waals surface area contributed by atoms with Gasteiger partial charge in [-0.1, -0.05) is 19.9 Å². The lowest BCUT2D eigenvalue weighted by atomic mass is 10.00. The van der Waals surface area contributed by atoms with E-state index in [0.29, 0.717) is 18.8 Å². The van der Waals surface area contributed by atoms with Gasteiger partial charge in [0.1, 0.15) is 11.6 Å². The van der Waals surface area contributed by atoms with Gasteiger partial charge < -0.3 is 9.72 Å². The Kier molecular flexibility index (Phi) is 4.41. The molecule has 104 valence electrons. The van der Waals surface area contributed by atoms with Crippen molar-refractivity contribution in [2.24, 2.45) is 0 Å². The zero-order valence-corrected chi connectivity index (χ0v) is 12.1. The van der Waals surface area contributed by atoms with Crippen molar-refractivity contribution < 1.29 is 4.74 Å². The second-order valence-electron chi connectivity index (χ2n) is 5.02. The average molecular weight is 269 g/mol. The van der Waals surface area contributed by atoms with E-state index < -0.39 is 0 Å². The molecule has 0 radical (unpaired) electrons. The number of ether oxygens (including phenoxy) is 1. The smallest absolute Gasteiger partial charge is 0.128 e. The molecule has 20 heavy (non-hydrogen) atoms. The van der Waals surface area contributed by atoms with Gasteiger partial charge in [0.25, 0.3) is 0 Å². The molecule has 0 atom stereocenters. The molecule has 0 amide bonds. The van der Waals surface area contributed by atoms with Crippen molar-refractivity contribution in [3.8, 4) is 23.1 Å². The minimum atomic E-state index is 0.464. The fraction of sp³-hybridized carbons (Fsp3) is 0.375. The lowest BCUT2D eigenvalue weighted by Crippen LogP contribution is -1.93. The number of aromatic amines is 1. The van der Waals surface area contributed by atoms with Gasteiger partial charge in [0.05, 0.1) is 25.1 Å². The maximum absolute atomic E-state index is 8.60. The Bertz CT molecular complexity index is 623. The first-order valence-corrected chi connectivity index (χ1v) is 6.74. The molecule has 0 saturated carbocycles. The summed E-state index contributed by atoms with van der Waals surface area (Å²) in [5, 5.41) is 8.60. The maximum Gasteiger partial charge on any atom is 0.128 e. The number of nitrogens with one attached hydrogen (secondary N) is 1. The van der Waals surface area contributed by atoms with Crippen LogP contribution >= 0.6 is 0 Å². The lowest BCUT2D eigenvalue weighted by molar-refractivity contribution is 0.415. The number of rotatable bonds is 5. The number of methoxy groups -OCH3 is 1. The van der Waals surface area contributed by atoms with E-state index in [-0.39, 0.29) is 0 Å². The van der Waals surface area contributed by atoms with Crippen LogP contribution in [-0.2, 0) is 6.42 Å². The largest absolute Gasteiger partial charge is 0.496 e. The first-order chi connectivity index (χ1) is 9.65. The third-order valence-electron chi connectivity index (χ3n) is 3.28. The highest BCUT2D eigenvalue weighted by Gasteiger charge is 2.11. The zero-order valence-electron chi connectivity index (χ0n) is 12.1. The number of H-pyrrole nitrogens is 1. The molecular formula is C16H19N3O. The summed E-state index contributed by atoms with van der Waals surface area (Å²) in [6, 6.07) is 8.35. The molecule has 0 aliphatic carbocycles. The molecule has 2 rings (SSSR count). The van der Waals surface area contributed by atoms with Crippen LogP contribution in [0, 0.1) is 11.3 Å². The summed E-state index contributed by atoms with van der Waals surface area (Å²) in [6.45, 7) is 4.31. The molecule has 0 aliphatic rings. The normalized spacial score (nSPS) is 10.6. The van der Waals surface area contributed by atoms with Gasteiger partial charge in [-0.3, -0.25) is 0 Å². The van der Waals surface area contributed by atoms with Crippen molar-refractivity contribution in [3.63, 3.8) is 0 Å². The fourth-order valence-electron chi connectivity index (χ4n) is 2.09. The Labute approximate surface area is 119 Å². The topological polar surface area (TPSA) is 61.7 Å². The molecule has 4 nitrogen and oxygen atoms in total. The summed E-state index contributed by atoms with van der Waals surface area (Å²) >= 11 is 0. The van der Waals surface area contributed by atoms with Crippen LogP contribution < -0.4 is 4.74 Å². The molecule has 1 N–H and O–H groups in total. The van der Waals surface area contributed by atoms with Crippen molar-refractivity contribution >= 4 is 0 Å². The third-order valence-corrected chi connectivity index (χ3v) is 3.28. The molecule has 0 unspecified atom stereocenters. The first kappa shape index (κ1) is 14.1. The summed E-state index contributed by atoms with van der Waals surface area (Å²) in [7, 11) is 1.68. The van der Waals surface area contributed by atoms with Gasteiger partial charge in [0.2, 0.25) is 0 Å². The van der Waals surface area contributed by atoms with Gasteiger partial charge in [-0.25, -0.2) is 4.98 Å². The van der Waals surface area contributed by atoms with E-state index in [1.54, 1.807) is 13.3 Å². The van der Waals surface area contributed by atoms with E-state index in [4.69, 9.17) is 10.00 Å². The first-order valence-electron chi connectivity index (χ1n) is 6.74. The number of benzene rings is 1. The van der Waals surface area contributed by atoms with Gasteiger partial charge in [0, 0.05) is 18.4 Å². The second-order valence-corrected chi connectivity index (χ2v) is 5.02. The number of imidazole rings is 1. The highest BCUT2D eigenvalue weighted by atomic mass is 16.5. The second kappa shape index (κ2) is 6.25. The van der Waals surface area contributed by atoms with Crippen LogP contribution in [0.4, 0.5) is 0 Å². The van der Waals surface area contributed by atoms with Gasteiger partial charge in [-0.2, -0.15) is 5.26 Å². The predicted octanol–water partition coefficient (Wildman–Crippen LogP) is 3.66. The van der Waals surface area contributed by atoms with E-state index >= 15 is 0 Å². The van der Waals surface area contributed by atoms with Crippen molar-refractivity contribution in [1.29, 1.82) is 5.26 Å². The average Bonchev–Trinajstić information content (AvgIpc) is 2.92. The standard InChI is InChI=1S/C16H19N3O/c1-11(2)12-6-7-13(15(9-12)20-3)14-10-18-16(19-14)5-4-8-17/h6-7,9-11H,4-5H2,1-3H3,(H,18,19). The Balaban J connectivity index is 2.32. The van der Waals surface area contributed by atoms with Crippen molar-refractivity contribution in [2.45, 2.75) is 32.6 Å². The van der Waals surface area contributed by atoms with Gasteiger partial charge in [-0.15, -0.1) is 0 Å². The Morgan fingerprint density at radius 3 is 2.85 bits per heavy atom. The zero-order chi connectivity index (χ0) is 14.5. The van der Waals surface area contributed by atoms with Crippen LogP contribution in [0.2, 0.25) is 0 Å². The van der Waals surface area contributed by atoms with Crippen LogP contribution in [0.25, 0.3) is 11.3 Å². The number of hydrogen-bond donors (Lipinski definition) is 1. The highest BCUT2D eigenvalue weighted by molar-refractivity contribution is 5.67. The molecule has 4 heteroatoms. The minimum Gasteiger partial charge on any atom is -0.496 e. The fourth-order valence-corrected chi connectivity index (χ4v) is 2.09. The Hall–Kier alpha value is -2.28. The summed E-state index contributed by atoms with van der Waals surface area (Å²) in [6.07, 6.45) is 2.90. The van der Waals surface area contributed by atoms with E-state index in [9.17, 15) is 0 Å². The molecule has 0 fully saturated rings. The summed E-state index contributed by atoms with van der Waals surface area (Å²) in [5.74, 6) is 2.13. The summed E-state index contributed by atoms with van der Waals surface area (Å²) < 4.78 is 5.48. The Morgan fingerprint density at radius 1 is 1.40 bits per heavy atom. The number of aromatic nitrogens is 2. The molecule has 0 saturated heterocycles. The van der Waals surface area contributed by atoms with E-state index in [2.05, 4.69) is 48.1 Å². The molecule has 1 aromatic carbocycles. The minimum absolute atomic E-state index is 0.464. The van der Waals surface area contributed by atoms with Crippen LogP contribution in [0.1, 0.15) is 37.6 Å². The van der Waals surface area contributed by atoms with Crippen molar-refractivity contribution in [2.75, 3.05) is 7.11 Å². The molecule has 2 aromatic rings. The monoisotopic (exact) mass is 269 g/mol. The number of aryl methyl sites for hydroxylation is 1. The summed E-state index contributed by atoms with van der Waals surface area (Å²) in [4.78, 5) is 7.55. The Morgan fingerprint density at radius 2 is 2.20 bits per heavy atom. The van der Waals surface area contributed by atoms with Crippen molar-refractivity contribution in [1.82, 2.24) is 9.97 Å². The summed E-state index contributed by atoms with van der Waals surface area (Å²) in [5.41, 5.74) is 3.16. The van der Waals surface area contributed by atoms with Gasteiger partial charge >= 0.3 is 0 Å². The number of nitriles is 1. The predicted molar refractivity (Wildman–Crippen MR) is 78.6 cm³/mol. The van der Waals surface area contributed by atoms with Crippen LogP contribution in [-0.4, -0.2) is 17.1 Å². The van der Waals surface area contributed by atoms with Crippen molar-refractivity contribution in [3.05, 3.63) is 35.8 Å². The van der Waals surface area contributed by atoms with E-state index in [0.717, 1.165) is 22.8 Å². The quantitative estimate of drug-likeness (QED) is 0.900. The molecule has 1 heterocycles. The molecule has 0 aliphatic heterocycles. The van der Waals surface area contributed by atoms with Crippen LogP contribution in [0.5, 0.6) is 5.75 Å². The van der Waals surface area contributed by atoms with E-state index in [1.165, 1.54) is 5.56 Å². The van der Waals surface area contributed by atoms with E-state index in [1.807, 2.05) is 0 Å². The SMILES string of the molecule is COc1cc(C(C)C)ccc1-c1cnc(CCC#N)[nH]1. The highest BCUT2D eigenvalue weighted by Crippen LogP contribution is 2.31. The number of hydrogen-bond acceptors (Lipinski definition) is 3. The molecular weight excluding hydrogens is 250 g/mol.